The Morgan fingerprint density at radius 3 is 2.43 bits per heavy atom. The van der Waals surface area contributed by atoms with Crippen LogP contribution in [0.4, 0.5) is 0 Å². The predicted octanol–water partition coefficient (Wildman–Crippen LogP) is 2.33. The molecule has 1 saturated heterocycles. The fourth-order valence-electron chi connectivity index (χ4n) is 3.24. The first-order chi connectivity index (χ1) is 11.2. The van der Waals surface area contributed by atoms with E-state index in [0.717, 1.165) is 0 Å². The van der Waals surface area contributed by atoms with Gasteiger partial charge in [0.2, 0.25) is 0 Å². The van der Waals surface area contributed by atoms with E-state index in [2.05, 4.69) is 4.98 Å². The smallest absolute Gasteiger partial charge is 0.315 e. The molecule has 2 aliphatic rings. The van der Waals surface area contributed by atoms with Gasteiger partial charge >= 0.3 is 5.97 Å². The van der Waals surface area contributed by atoms with Gasteiger partial charge in [-0.05, 0) is 31.9 Å². The Morgan fingerprint density at radius 2 is 1.83 bits per heavy atom. The summed E-state index contributed by atoms with van der Waals surface area (Å²) in [5.41, 5.74) is -0.639. The molecule has 0 radical (unpaired) electrons. The number of aromatic nitrogens is 1. The number of carbonyl (C=O) groups is 1. The minimum absolute atomic E-state index is 0.193. The summed E-state index contributed by atoms with van der Waals surface area (Å²) in [6.45, 7) is 3.74. The van der Waals surface area contributed by atoms with Crippen LogP contribution in [0, 0.1) is 5.41 Å². The van der Waals surface area contributed by atoms with E-state index < -0.39 is 11.2 Å². The molecule has 0 N–H and O–H groups in total. The molecule has 23 heavy (non-hydrogen) atoms. The van der Waals surface area contributed by atoms with Gasteiger partial charge in [-0.2, -0.15) is 0 Å². The van der Waals surface area contributed by atoms with Crippen molar-refractivity contribution in [3.8, 4) is 5.75 Å². The summed E-state index contributed by atoms with van der Waals surface area (Å²) in [7, 11) is 0. The number of esters is 1. The molecule has 2 heterocycles. The first-order valence-electron chi connectivity index (χ1n) is 8.16. The van der Waals surface area contributed by atoms with E-state index in [4.69, 9.17) is 18.9 Å². The van der Waals surface area contributed by atoms with Gasteiger partial charge in [0, 0.05) is 25.2 Å². The highest BCUT2D eigenvalue weighted by Crippen LogP contribution is 2.45. The van der Waals surface area contributed by atoms with Crippen LogP contribution in [0.3, 0.4) is 0 Å². The summed E-state index contributed by atoms with van der Waals surface area (Å²) < 4.78 is 22.7. The lowest BCUT2D eigenvalue weighted by atomic mass is 9.72. The first kappa shape index (κ1) is 16.2. The van der Waals surface area contributed by atoms with Crippen molar-refractivity contribution in [1.82, 2.24) is 4.98 Å². The maximum absolute atomic E-state index is 12.5. The number of pyridine rings is 1. The van der Waals surface area contributed by atoms with E-state index >= 15 is 0 Å². The third-order valence-corrected chi connectivity index (χ3v) is 4.66. The second-order valence-electron chi connectivity index (χ2n) is 6.08. The summed E-state index contributed by atoms with van der Waals surface area (Å²) in [4.78, 5) is 16.5. The summed E-state index contributed by atoms with van der Waals surface area (Å²) in [5.74, 6) is 0.00590. The van der Waals surface area contributed by atoms with Crippen molar-refractivity contribution in [2.75, 3.05) is 26.4 Å². The molecule has 0 atom stereocenters. The lowest BCUT2D eigenvalue weighted by Gasteiger charge is -2.41. The van der Waals surface area contributed by atoms with Gasteiger partial charge in [-0.15, -0.1) is 0 Å². The van der Waals surface area contributed by atoms with Crippen molar-refractivity contribution in [2.24, 2.45) is 5.41 Å². The van der Waals surface area contributed by atoms with Crippen LogP contribution in [0.1, 0.15) is 32.6 Å². The monoisotopic (exact) mass is 321 g/mol. The van der Waals surface area contributed by atoms with Gasteiger partial charge in [-0.1, -0.05) is 0 Å². The SMILES string of the molecule is CCOC(=O)C1(COc2ccncc2)CCC2(CC1)OCCO2. The molecule has 6 nitrogen and oxygen atoms in total. The van der Waals surface area contributed by atoms with E-state index in [9.17, 15) is 4.79 Å². The molecule has 2 fully saturated rings. The number of nitrogens with zero attached hydrogens (tertiary/aromatic N) is 1. The second-order valence-corrected chi connectivity index (χ2v) is 6.08. The molecule has 1 saturated carbocycles. The van der Waals surface area contributed by atoms with Crippen LogP contribution in [-0.2, 0) is 19.0 Å². The number of ether oxygens (including phenoxy) is 4. The normalized spacial score (nSPS) is 22.0. The zero-order chi connectivity index (χ0) is 16.2. The zero-order valence-electron chi connectivity index (χ0n) is 13.5. The minimum atomic E-state index is -0.639. The number of rotatable bonds is 5. The molecule has 1 spiro atoms. The average molecular weight is 321 g/mol. The van der Waals surface area contributed by atoms with Crippen molar-refractivity contribution >= 4 is 5.97 Å². The van der Waals surface area contributed by atoms with Crippen LogP contribution in [0.15, 0.2) is 24.5 Å². The van der Waals surface area contributed by atoms with Gasteiger partial charge in [-0.3, -0.25) is 9.78 Å². The maximum atomic E-state index is 12.5. The fraction of sp³-hybridized carbons (Fsp3) is 0.647. The highest BCUT2D eigenvalue weighted by molar-refractivity contribution is 5.77. The molecule has 1 aliphatic heterocycles. The van der Waals surface area contributed by atoms with Crippen LogP contribution in [0.5, 0.6) is 5.75 Å². The fourth-order valence-corrected chi connectivity index (χ4v) is 3.24. The molecule has 1 aliphatic carbocycles. The summed E-state index contributed by atoms with van der Waals surface area (Å²) in [6.07, 6.45) is 5.98. The van der Waals surface area contributed by atoms with Crippen molar-refractivity contribution < 1.29 is 23.7 Å². The van der Waals surface area contributed by atoms with Crippen molar-refractivity contribution in [2.45, 2.75) is 38.4 Å². The van der Waals surface area contributed by atoms with E-state index in [-0.39, 0.29) is 5.97 Å². The molecular weight excluding hydrogens is 298 g/mol. The minimum Gasteiger partial charge on any atom is -0.492 e. The zero-order valence-corrected chi connectivity index (χ0v) is 13.5. The van der Waals surface area contributed by atoms with E-state index in [1.165, 1.54) is 0 Å². The molecule has 1 aromatic heterocycles. The van der Waals surface area contributed by atoms with Gasteiger partial charge in [-0.25, -0.2) is 0 Å². The maximum Gasteiger partial charge on any atom is 0.315 e. The summed E-state index contributed by atoms with van der Waals surface area (Å²) >= 11 is 0. The molecule has 0 bridgehead atoms. The Balaban J connectivity index is 1.69. The van der Waals surface area contributed by atoms with Crippen molar-refractivity contribution in [3.05, 3.63) is 24.5 Å². The molecule has 1 aromatic rings. The Kier molecular flexibility index (Phi) is 4.82. The first-order valence-corrected chi connectivity index (χ1v) is 8.16. The van der Waals surface area contributed by atoms with Crippen molar-refractivity contribution in [1.29, 1.82) is 0 Å². The summed E-state index contributed by atoms with van der Waals surface area (Å²) in [5, 5.41) is 0. The average Bonchev–Trinajstić information content (AvgIpc) is 3.04. The van der Waals surface area contributed by atoms with E-state index in [1.54, 1.807) is 24.5 Å². The second kappa shape index (κ2) is 6.84. The van der Waals surface area contributed by atoms with Crippen LogP contribution >= 0.6 is 0 Å². The molecule has 3 rings (SSSR count). The van der Waals surface area contributed by atoms with E-state index in [0.29, 0.717) is 57.9 Å². The lowest BCUT2D eigenvalue weighted by molar-refractivity contribution is -0.201. The lowest BCUT2D eigenvalue weighted by Crippen LogP contribution is -2.47. The number of hydrogen-bond acceptors (Lipinski definition) is 6. The Labute approximate surface area is 136 Å². The number of carbonyl (C=O) groups excluding carboxylic acids is 1. The van der Waals surface area contributed by atoms with Crippen LogP contribution < -0.4 is 4.74 Å². The molecule has 0 unspecified atom stereocenters. The van der Waals surface area contributed by atoms with Crippen LogP contribution in [0.25, 0.3) is 0 Å². The number of hydrogen-bond donors (Lipinski definition) is 0. The largest absolute Gasteiger partial charge is 0.492 e. The van der Waals surface area contributed by atoms with E-state index in [1.807, 2.05) is 6.92 Å². The van der Waals surface area contributed by atoms with Gasteiger partial charge in [0.25, 0.3) is 0 Å². The standard InChI is InChI=1S/C17H23NO5/c1-2-20-15(19)16(13-21-14-3-9-18-10-4-14)5-7-17(8-6-16)22-11-12-23-17/h3-4,9-10H,2,5-8,11-13H2,1H3. The van der Waals surface area contributed by atoms with Crippen LogP contribution in [0.2, 0.25) is 0 Å². The Hall–Kier alpha value is -1.66. The molecule has 126 valence electrons. The van der Waals surface area contributed by atoms with Gasteiger partial charge < -0.3 is 18.9 Å². The van der Waals surface area contributed by atoms with Gasteiger partial charge in [0.05, 0.1) is 19.8 Å². The molecule has 6 heteroatoms. The molecule has 0 amide bonds. The highest BCUT2D eigenvalue weighted by Gasteiger charge is 2.51. The van der Waals surface area contributed by atoms with Gasteiger partial charge in [0.1, 0.15) is 17.8 Å². The highest BCUT2D eigenvalue weighted by atomic mass is 16.7. The van der Waals surface area contributed by atoms with Crippen LogP contribution in [-0.4, -0.2) is 43.2 Å². The van der Waals surface area contributed by atoms with Gasteiger partial charge in [0.15, 0.2) is 5.79 Å². The Morgan fingerprint density at radius 1 is 1.17 bits per heavy atom. The molecular formula is C17H23NO5. The topological polar surface area (TPSA) is 66.9 Å². The Bertz CT molecular complexity index is 517. The predicted molar refractivity (Wildman–Crippen MR) is 81.9 cm³/mol. The molecule has 0 aromatic carbocycles. The third kappa shape index (κ3) is 3.48. The summed E-state index contributed by atoms with van der Waals surface area (Å²) in [6, 6.07) is 3.57. The third-order valence-electron chi connectivity index (χ3n) is 4.66. The van der Waals surface area contributed by atoms with Crippen molar-refractivity contribution in [3.63, 3.8) is 0 Å². The quantitative estimate of drug-likeness (QED) is 0.776.